The van der Waals surface area contributed by atoms with Gasteiger partial charge in [-0.05, 0) is 26.0 Å². The lowest BCUT2D eigenvalue weighted by Gasteiger charge is -2.10. The molecule has 0 bridgehead atoms. The summed E-state index contributed by atoms with van der Waals surface area (Å²) < 4.78 is 3.03. The number of para-hydroxylation sites is 1. The Kier molecular flexibility index (Phi) is 4.99. The van der Waals surface area contributed by atoms with Gasteiger partial charge in [-0.1, -0.05) is 30.3 Å². The Balaban J connectivity index is 1.98. The second kappa shape index (κ2) is 7.37. The zero-order valence-electron chi connectivity index (χ0n) is 14.3. The van der Waals surface area contributed by atoms with Crippen LogP contribution in [0.3, 0.4) is 0 Å². The number of aromatic nitrogens is 4. The molecule has 0 atom stereocenters. The van der Waals surface area contributed by atoms with Gasteiger partial charge in [0.25, 0.3) is 5.91 Å². The average molecular weight is 369 g/mol. The number of nitrogens with one attached hydrogen (secondary N) is 1. The molecule has 2 aromatic heterocycles. The molecule has 7 nitrogen and oxygen atoms in total. The Bertz CT molecular complexity index is 1000. The Labute approximate surface area is 155 Å². The Hall–Kier alpha value is -3.19. The van der Waals surface area contributed by atoms with Gasteiger partial charge in [-0.2, -0.15) is 10.2 Å². The minimum Gasteiger partial charge on any atom is -0.306 e. The van der Waals surface area contributed by atoms with Gasteiger partial charge in [-0.3, -0.25) is 4.79 Å². The average Bonchev–Trinajstić information content (AvgIpc) is 3.19. The zero-order valence-corrected chi connectivity index (χ0v) is 15.1. The quantitative estimate of drug-likeness (QED) is 0.688. The largest absolute Gasteiger partial charge is 0.306 e. The molecule has 26 heavy (non-hydrogen) atoms. The van der Waals surface area contributed by atoms with Crippen molar-refractivity contribution < 1.29 is 4.79 Å². The van der Waals surface area contributed by atoms with Crippen molar-refractivity contribution in [2.45, 2.75) is 13.8 Å². The first kappa shape index (κ1) is 17.6. The van der Waals surface area contributed by atoms with Crippen LogP contribution in [0, 0.1) is 6.92 Å². The number of benzene rings is 1. The van der Waals surface area contributed by atoms with E-state index in [4.69, 9.17) is 11.6 Å². The molecule has 1 N–H and O–H groups in total. The number of hydrogen-bond donors (Lipinski definition) is 1. The van der Waals surface area contributed by atoms with E-state index in [0.717, 1.165) is 5.69 Å². The van der Waals surface area contributed by atoms with Crippen molar-refractivity contribution >= 4 is 41.6 Å². The summed E-state index contributed by atoms with van der Waals surface area (Å²) in [5.74, 6) is 0.547. The van der Waals surface area contributed by atoms with Gasteiger partial charge >= 0.3 is 0 Å². The van der Waals surface area contributed by atoms with Gasteiger partial charge in [0.1, 0.15) is 11.4 Å². The second-order valence-corrected chi connectivity index (χ2v) is 5.79. The summed E-state index contributed by atoms with van der Waals surface area (Å²) in [4.78, 5) is 17.0. The van der Waals surface area contributed by atoms with Gasteiger partial charge in [-0.15, -0.1) is 0 Å². The fourth-order valence-corrected chi connectivity index (χ4v) is 2.70. The number of aryl methyl sites for hydroxylation is 1. The van der Waals surface area contributed by atoms with E-state index in [9.17, 15) is 4.79 Å². The monoisotopic (exact) mass is 368 g/mol. The highest BCUT2D eigenvalue weighted by atomic mass is 35.5. The molecule has 0 unspecified atom stereocenters. The normalized spacial score (nSPS) is 11.0. The first-order chi connectivity index (χ1) is 12.5. The molecule has 0 aliphatic rings. The van der Waals surface area contributed by atoms with Crippen LogP contribution in [0.1, 0.15) is 23.0 Å². The highest BCUT2D eigenvalue weighted by molar-refractivity contribution is 6.32. The number of amides is 1. The van der Waals surface area contributed by atoms with E-state index < -0.39 is 0 Å². The third-order valence-electron chi connectivity index (χ3n) is 3.59. The minimum atomic E-state index is -0.355. The van der Waals surface area contributed by atoms with Gasteiger partial charge < -0.3 is 5.32 Å². The molecule has 1 amide bonds. The maximum Gasteiger partial charge on any atom is 0.262 e. The molecule has 8 heteroatoms. The van der Waals surface area contributed by atoms with Crippen molar-refractivity contribution in [3.05, 3.63) is 59.4 Å². The number of hydrogen-bond acceptors (Lipinski definition) is 4. The van der Waals surface area contributed by atoms with Crippen LogP contribution >= 0.6 is 11.6 Å². The number of anilines is 1. The number of carbonyl (C=O) groups is 1. The molecule has 2 heterocycles. The van der Waals surface area contributed by atoms with Gasteiger partial charge in [0, 0.05) is 18.5 Å². The highest BCUT2D eigenvalue weighted by Gasteiger charge is 2.19. The van der Waals surface area contributed by atoms with E-state index in [1.54, 1.807) is 30.0 Å². The van der Waals surface area contributed by atoms with E-state index >= 15 is 0 Å². The van der Waals surface area contributed by atoms with E-state index in [0.29, 0.717) is 27.9 Å². The Morgan fingerprint density at radius 1 is 1.38 bits per heavy atom. The SMILES string of the molecule is C=Cn1ncc(C(=O)Nc2cc(C)nn2-c2ccccc2Cl)c1N=CC. The Morgan fingerprint density at radius 3 is 2.85 bits per heavy atom. The summed E-state index contributed by atoms with van der Waals surface area (Å²) in [5, 5.41) is 11.9. The van der Waals surface area contributed by atoms with E-state index in [1.807, 2.05) is 25.1 Å². The van der Waals surface area contributed by atoms with Crippen LogP contribution in [0.25, 0.3) is 11.9 Å². The molecule has 0 saturated heterocycles. The van der Waals surface area contributed by atoms with Crippen LogP contribution in [-0.2, 0) is 0 Å². The van der Waals surface area contributed by atoms with Crippen molar-refractivity contribution in [1.82, 2.24) is 19.6 Å². The molecule has 132 valence electrons. The number of carbonyl (C=O) groups excluding carboxylic acids is 1. The van der Waals surface area contributed by atoms with E-state index in [1.165, 1.54) is 17.1 Å². The molecular weight excluding hydrogens is 352 g/mol. The molecule has 0 aliphatic heterocycles. The number of nitrogens with zero attached hydrogens (tertiary/aromatic N) is 5. The van der Waals surface area contributed by atoms with Gasteiger partial charge in [-0.25, -0.2) is 14.4 Å². The number of aliphatic imine (C=N–C) groups is 1. The minimum absolute atomic E-state index is 0.326. The van der Waals surface area contributed by atoms with Crippen molar-refractivity contribution in [2.24, 2.45) is 4.99 Å². The Morgan fingerprint density at radius 2 is 2.15 bits per heavy atom. The van der Waals surface area contributed by atoms with E-state index in [2.05, 4.69) is 27.1 Å². The van der Waals surface area contributed by atoms with Gasteiger partial charge in [0.2, 0.25) is 0 Å². The van der Waals surface area contributed by atoms with Crippen LogP contribution in [0.4, 0.5) is 11.6 Å². The third kappa shape index (κ3) is 3.29. The molecule has 3 rings (SSSR count). The standard InChI is InChI=1S/C18H17ClN6O/c1-4-20-17-13(11-21-24(17)5-2)18(26)22-16-10-12(3)23-25(16)15-9-7-6-8-14(15)19/h4-11H,2H2,1,3H3,(H,22,26). The van der Waals surface area contributed by atoms with Crippen molar-refractivity contribution in [3.63, 3.8) is 0 Å². The maximum atomic E-state index is 12.8. The molecule has 0 spiro atoms. The summed E-state index contributed by atoms with van der Waals surface area (Å²) in [6.07, 6.45) is 4.52. The summed E-state index contributed by atoms with van der Waals surface area (Å²) in [7, 11) is 0. The van der Waals surface area contributed by atoms with Crippen molar-refractivity contribution in [2.75, 3.05) is 5.32 Å². The maximum absolute atomic E-state index is 12.8. The van der Waals surface area contributed by atoms with Crippen LogP contribution < -0.4 is 5.32 Å². The van der Waals surface area contributed by atoms with Crippen molar-refractivity contribution in [1.29, 1.82) is 0 Å². The number of rotatable bonds is 5. The first-order valence-corrected chi connectivity index (χ1v) is 8.24. The fraction of sp³-hybridized carbons (Fsp3) is 0.111. The van der Waals surface area contributed by atoms with Crippen LogP contribution in [0.2, 0.25) is 5.02 Å². The summed E-state index contributed by atoms with van der Waals surface area (Å²) in [6, 6.07) is 9.04. The molecule has 0 saturated carbocycles. The van der Waals surface area contributed by atoms with Crippen LogP contribution in [-0.4, -0.2) is 31.7 Å². The summed E-state index contributed by atoms with van der Waals surface area (Å²) >= 11 is 6.27. The zero-order chi connectivity index (χ0) is 18.7. The number of halogens is 1. The third-order valence-corrected chi connectivity index (χ3v) is 3.91. The highest BCUT2D eigenvalue weighted by Crippen LogP contribution is 2.25. The van der Waals surface area contributed by atoms with Crippen LogP contribution in [0.15, 0.2) is 48.1 Å². The lowest BCUT2D eigenvalue weighted by atomic mass is 10.3. The fourth-order valence-electron chi connectivity index (χ4n) is 2.48. The van der Waals surface area contributed by atoms with E-state index in [-0.39, 0.29) is 5.91 Å². The second-order valence-electron chi connectivity index (χ2n) is 5.38. The first-order valence-electron chi connectivity index (χ1n) is 7.86. The molecule has 0 aliphatic carbocycles. The predicted molar refractivity (Wildman–Crippen MR) is 104 cm³/mol. The summed E-state index contributed by atoms with van der Waals surface area (Å²) in [5.41, 5.74) is 1.74. The van der Waals surface area contributed by atoms with Gasteiger partial charge in [0.05, 0.1) is 22.6 Å². The molecule has 0 radical (unpaired) electrons. The van der Waals surface area contributed by atoms with Gasteiger partial charge in [0.15, 0.2) is 5.82 Å². The van der Waals surface area contributed by atoms with Crippen molar-refractivity contribution in [3.8, 4) is 5.69 Å². The molecule has 3 aromatic rings. The molecule has 1 aromatic carbocycles. The molecular formula is C18H17ClN6O. The lowest BCUT2D eigenvalue weighted by Crippen LogP contribution is -2.15. The van der Waals surface area contributed by atoms with Crippen LogP contribution in [0.5, 0.6) is 0 Å². The lowest BCUT2D eigenvalue weighted by molar-refractivity contribution is 0.102. The topological polar surface area (TPSA) is 77.1 Å². The molecule has 0 fully saturated rings. The summed E-state index contributed by atoms with van der Waals surface area (Å²) in [6.45, 7) is 7.26. The predicted octanol–water partition coefficient (Wildman–Crippen LogP) is 4.11. The smallest absolute Gasteiger partial charge is 0.262 e.